The second-order valence-corrected chi connectivity index (χ2v) is 5.88. The van der Waals surface area contributed by atoms with Crippen LogP contribution in [0.1, 0.15) is 5.56 Å². The van der Waals surface area contributed by atoms with Gasteiger partial charge in [-0.1, -0.05) is 35.9 Å². The molecule has 0 atom stereocenters. The number of nitrogens with zero attached hydrogens (tertiary/aromatic N) is 3. The van der Waals surface area contributed by atoms with Crippen LogP contribution in [0.25, 0.3) is 0 Å². The van der Waals surface area contributed by atoms with E-state index < -0.39 is 16.6 Å². The molecule has 1 fully saturated rings. The summed E-state index contributed by atoms with van der Waals surface area (Å²) in [5.74, 6) is -0.653. The van der Waals surface area contributed by atoms with Crippen LogP contribution >= 0.6 is 11.6 Å². The molecule has 1 aliphatic rings. The fourth-order valence-corrected chi connectivity index (χ4v) is 2.66. The number of hydrogen-bond acceptors (Lipinski definition) is 7. The minimum absolute atomic E-state index is 0.130. The van der Waals surface area contributed by atoms with Crippen LogP contribution in [-0.4, -0.2) is 33.9 Å². The molecule has 1 aromatic carbocycles. The normalized spacial score (nSPS) is 15.3. The van der Waals surface area contributed by atoms with Gasteiger partial charge in [0.25, 0.3) is 0 Å². The highest BCUT2D eigenvalue weighted by atomic mass is 35.5. The third-order valence-electron chi connectivity index (χ3n) is 3.71. The van der Waals surface area contributed by atoms with Gasteiger partial charge in [0.15, 0.2) is 5.82 Å². The second-order valence-electron chi connectivity index (χ2n) is 5.49. The van der Waals surface area contributed by atoms with Gasteiger partial charge in [0.05, 0.1) is 4.92 Å². The standard InChI is InChI=1S/C17H15ClN4O4/c18-14-7-6-12(10-20-14)11-21-9-8-19-16(21)15(22(24)25)17(23)26-13-4-2-1-3-5-13/h1-7,10,19H,8-9,11H2/b16-15-. The molecule has 3 rings (SSSR count). The Morgan fingerprint density at radius 1 is 1.31 bits per heavy atom. The molecule has 0 radical (unpaired) electrons. The van der Waals surface area contributed by atoms with E-state index in [0.29, 0.717) is 24.8 Å². The average Bonchev–Trinajstić information content (AvgIpc) is 3.05. The first-order chi connectivity index (χ1) is 12.5. The summed E-state index contributed by atoms with van der Waals surface area (Å²) >= 11 is 5.77. The molecule has 0 saturated carbocycles. The number of nitro groups is 1. The Labute approximate surface area is 154 Å². The number of carbonyl (C=O) groups excluding carboxylic acids is 1. The average molecular weight is 375 g/mol. The number of carbonyl (C=O) groups is 1. The van der Waals surface area contributed by atoms with E-state index in [-0.39, 0.29) is 11.6 Å². The van der Waals surface area contributed by atoms with E-state index >= 15 is 0 Å². The molecule has 0 bridgehead atoms. The van der Waals surface area contributed by atoms with Crippen LogP contribution in [0.2, 0.25) is 5.15 Å². The lowest BCUT2D eigenvalue weighted by molar-refractivity contribution is -0.423. The van der Waals surface area contributed by atoms with Crippen LogP contribution in [0.15, 0.2) is 60.2 Å². The Balaban J connectivity index is 1.85. The van der Waals surface area contributed by atoms with Crippen LogP contribution in [0.5, 0.6) is 5.75 Å². The first-order valence-corrected chi connectivity index (χ1v) is 8.17. The number of esters is 1. The molecule has 8 nitrogen and oxygen atoms in total. The third kappa shape index (κ3) is 4.09. The Bertz CT molecular complexity index is 840. The molecule has 1 saturated heterocycles. The van der Waals surface area contributed by atoms with Crippen molar-refractivity contribution in [1.82, 2.24) is 15.2 Å². The van der Waals surface area contributed by atoms with Crippen molar-refractivity contribution in [2.75, 3.05) is 13.1 Å². The topological polar surface area (TPSA) is 97.6 Å². The van der Waals surface area contributed by atoms with Crippen molar-refractivity contribution < 1.29 is 14.5 Å². The zero-order chi connectivity index (χ0) is 18.5. The van der Waals surface area contributed by atoms with Crippen molar-refractivity contribution in [3.63, 3.8) is 0 Å². The summed E-state index contributed by atoms with van der Waals surface area (Å²) in [6, 6.07) is 11.6. The van der Waals surface area contributed by atoms with Crippen molar-refractivity contribution in [3.8, 4) is 5.75 Å². The van der Waals surface area contributed by atoms with Crippen molar-refractivity contribution in [2.24, 2.45) is 0 Å². The third-order valence-corrected chi connectivity index (χ3v) is 3.93. The summed E-state index contributed by atoms with van der Waals surface area (Å²) in [6.07, 6.45) is 1.59. The number of hydrogen-bond donors (Lipinski definition) is 1. The molecule has 134 valence electrons. The zero-order valence-electron chi connectivity index (χ0n) is 13.6. The number of pyridine rings is 1. The summed E-state index contributed by atoms with van der Waals surface area (Å²) in [4.78, 5) is 28.8. The quantitative estimate of drug-likeness (QED) is 0.214. The molecule has 0 amide bonds. The summed E-state index contributed by atoms with van der Waals surface area (Å²) in [7, 11) is 0. The number of aromatic nitrogens is 1. The Hall–Kier alpha value is -3.13. The van der Waals surface area contributed by atoms with Crippen LogP contribution in [-0.2, 0) is 11.3 Å². The van der Waals surface area contributed by atoms with E-state index in [0.717, 1.165) is 5.56 Å². The summed E-state index contributed by atoms with van der Waals surface area (Å²) < 4.78 is 5.13. The van der Waals surface area contributed by atoms with E-state index in [1.807, 2.05) is 0 Å². The predicted molar refractivity (Wildman–Crippen MR) is 93.8 cm³/mol. The van der Waals surface area contributed by atoms with E-state index in [1.165, 1.54) is 0 Å². The van der Waals surface area contributed by atoms with Gasteiger partial charge in [-0.25, -0.2) is 9.78 Å². The number of halogens is 1. The molecule has 1 N–H and O–H groups in total. The molecule has 0 spiro atoms. The van der Waals surface area contributed by atoms with Crippen molar-refractivity contribution in [3.05, 3.63) is 81.0 Å². The van der Waals surface area contributed by atoms with Gasteiger partial charge in [-0.2, -0.15) is 0 Å². The summed E-state index contributed by atoms with van der Waals surface area (Å²) in [6.45, 7) is 1.34. The molecular formula is C17H15ClN4O4. The maximum atomic E-state index is 12.4. The number of benzene rings is 1. The maximum Gasteiger partial charge on any atom is 0.419 e. The van der Waals surface area contributed by atoms with Gasteiger partial charge < -0.3 is 15.0 Å². The minimum atomic E-state index is -1.02. The molecule has 26 heavy (non-hydrogen) atoms. The number of nitrogens with one attached hydrogen (secondary N) is 1. The van der Waals surface area contributed by atoms with Gasteiger partial charge in [-0.15, -0.1) is 0 Å². The van der Waals surface area contributed by atoms with Crippen LogP contribution in [0.3, 0.4) is 0 Å². The van der Waals surface area contributed by atoms with E-state index in [1.54, 1.807) is 53.6 Å². The Morgan fingerprint density at radius 3 is 2.73 bits per heavy atom. The molecule has 0 unspecified atom stereocenters. The number of rotatable bonds is 5. The van der Waals surface area contributed by atoms with E-state index in [9.17, 15) is 14.9 Å². The zero-order valence-corrected chi connectivity index (χ0v) is 14.3. The summed E-state index contributed by atoms with van der Waals surface area (Å²) in [5.41, 5.74) is 0.183. The molecule has 2 heterocycles. The van der Waals surface area contributed by atoms with Crippen LogP contribution in [0, 0.1) is 10.1 Å². The van der Waals surface area contributed by atoms with Gasteiger partial charge in [-0.3, -0.25) is 10.1 Å². The molecule has 2 aromatic rings. The van der Waals surface area contributed by atoms with Gasteiger partial charge in [0.2, 0.25) is 0 Å². The highest BCUT2D eigenvalue weighted by Crippen LogP contribution is 2.20. The SMILES string of the molecule is O=C(Oc1ccccc1)/C(=C1\NCCN1Cc1ccc(Cl)nc1)[N+](=O)[O-]. The van der Waals surface area contributed by atoms with Gasteiger partial charge in [0.1, 0.15) is 10.9 Å². The first-order valence-electron chi connectivity index (χ1n) is 7.80. The lowest BCUT2D eigenvalue weighted by atomic mass is 10.2. The monoisotopic (exact) mass is 374 g/mol. The summed E-state index contributed by atoms with van der Waals surface area (Å²) in [5, 5.41) is 14.8. The van der Waals surface area contributed by atoms with Crippen LogP contribution in [0.4, 0.5) is 0 Å². The minimum Gasteiger partial charge on any atom is -0.418 e. The van der Waals surface area contributed by atoms with Gasteiger partial charge in [-0.05, 0) is 23.8 Å². The van der Waals surface area contributed by atoms with Crippen molar-refractivity contribution >= 4 is 17.6 Å². The smallest absolute Gasteiger partial charge is 0.418 e. The highest BCUT2D eigenvalue weighted by molar-refractivity contribution is 6.29. The van der Waals surface area contributed by atoms with E-state index in [2.05, 4.69) is 10.3 Å². The first kappa shape index (κ1) is 17.7. The molecular weight excluding hydrogens is 360 g/mol. The van der Waals surface area contributed by atoms with Crippen molar-refractivity contribution in [2.45, 2.75) is 6.54 Å². The highest BCUT2D eigenvalue weighted by Gasteiger charge is 2.35. The van der Waals surface area contributed by atoms with E-state index in [4.69, 9.17) is 16.3 Å². The Morgan fingerprint density at radius 2 is 2.08 bits per heavy atom. The van der Waals surface area contributed by atoms with Crippen molar-refractivity contribution in [1.29, 1.82) is 0 Å². The van der Waals surface area contributed by atoms with Gasteiger partial charge in [0, 0.05) is 25.8 Å². The lowest BCUT2D eigenvalue weighted by Gasteiger charge is -2.18. The molecule has 1 aromatic heterocycles. The largest absolute Gasteiger partial charge is 0.419 e. The lowest BCUT2D eigenvalue weighted by Crippen LogP contribution is -2.29. The predicted octanol–water partition coefficient (Wildman–Crippen LogP) is 2.19. The molecule has 1 aliphatic heterocycles. The number of ether oxygens (including phenoxy) is 1. The molecule has 0 aliphatic carbocycles. The molecule has 9 heteroatoms. The Kier molecular flexibility index (Phi) is 5.33. The number of para-hydroxylation sites is 1. The second kappa shape index (κ2) is 7.83. The fourth-order valence-electron chi connectivity index (χ4n) is 2.55. The maximum absolute atomic E-state index is 12.4. The fraction of sp³-hybridized carbons (Fsp3) is 0.176. The van der Waals surface area contributed by atoms with Gasteiger partial charge >= 0.3 is 11.7 Å². The van der Waals surface area contributed by atoms with Crippen LogP contribution < -0.4 is 10.1 Å².